The van der Waals surface area contributed by atoms with Crippen LogP contribution in [0.15, 0.2) is 35.9 Å². The Morgan fingerprint density at radius 1 is 1.14 bits per heavy atom. The maximum absolute atomic E-state index is 13.9. The molecule has 7 rings (SSSR count). The van der Waals surface area contributed by atoms with Gasteiger partial charge in [-0.25, -0.2) is 4.79 Å². The van der Waals surface area contributed by atoms with Gasteiger partial charge >= 0.3 is 5.97 Å². The first kappa shape index (κ1) is 23.5. The van der Waals surface area contributed by atoms with Gasteiger partial charge in [0.25, 0.3) is 0 Å². The van der Waals surface area contributed by atoms with Crippen LogP contribution in [0.3, 0.4) is 0 Å². The molecular weight excluding hydrogens is 464 g/mol. The van der Waals surface area contributed by atoms with Crippen LogP contribution in [0.1, 0.15) is 49.8 Å². The molecule has 0 saturated carbocycles. The van der Waals surface area contributed by atoms with Crippen molar-refractivity contribution in [1.29, 1.82) is 0 Å². The van der Waals surface area contributed by atoms with Gasteiger partial charge in [0, 0.05) is 41.6 Å². The van der Waals surface area contributed by atoms with Gasteiger partial charge in [0.05, 0.1) is 20.2 Å². The molecule has 0 spiro atoms. The summed E-state index contributed by atoms with van der Waals surface area (Å²) in [5, 5.41) is 1.13. The number of carbonyl (C=O) groups is 2. The van der Waals surface area contributed by atoms with Crippen LogP contribution in [0, 0.1) is 11.8 Å². The number of rotatable bonds is 3. The van der Waals surface area contributed by atoms with Gasteiger partial charge in [-0.2, -0.15) is 0 Å². The molecule has 4 aliphatic heterocycles. The fourth-order valence-electron chi connectivity index (χ4n) is 8.34. The smallest absolute Gasteiger partial charge is 0.328 e. The summed E-state index contributed by atoms with van der Waals surface area (Å²) >= 11 is 0. The predicted octanol–water partition coefficient (Wildman–Crippen LogP) is 3.49. The van der Waals surface area contributed by atoms with Crippen molar-refractivity contribution in [3.05, 3.63) is 47.2 Å². The van der Waals surface area contributed by atoms with Crippen LogP contribution in [-0.4, -0.2) is 83.0 Å². The van der Waals surface area contributed by atoms with Crippen molar-refractivity contribution in [1.82, 2.24) is 19.7 Å². The first-order chi connectivity index (χ1) is 18.1. The van der Waals surface area contributed by atoms with E-state index in [1.807, 2.05) is 12.1 Å². The van der Waals surface area contributed by atoms with Crippen LogP contribution in [-0.2, 0) is 27.3 Å². The molecule has 7 heteroatoms. The lowest BCUT2D eigenvalue weighted by molar-refractivity contribution is -0.154. The second-order valence-corrected chi connectivity index (χ2v) is 11.9. The van der Waals surface area contributed by atoms with Gasteiger partial charge in [0.2, 0.25) is 5.91 Å². The number of hydrogen-bond acceptors (Lipinski definition) is 5. The van der Waals surface area contributed by atoms with Crippen LogP contribution < -0.4 is 0 Å². The number of ether oxygens (including phenoxy) is 1. The summed E-state index contributed by atoms with van der Waals surface area (Å²) in [6, 6.07) is 8.70. The molecule has 5 aliphatic rings. The summed E-state index contributed by atoms with van der Waals surface area (Å²) in [5.74, 6) is 1.000. The van der Waals surface area contributed by atoms with E-state index in [0.717, 1.165) is 41.2 Å². The summed E-state index contributed by atoms with van der Waals surface area (Å²) < 4.78 is 5.18. The molecule has 3 fully saturated rings. The Kier molecular flexibility index (Phi) is 5.89. The third-order valence-electron chi connectivity index (χ3n) is 9.90. The molecule has 196 valence electrons. The summed E-state index contributed by atoms with van der Waals surface area (Å²) in [6.07, 6.45) is 10.7. The Morgan fingerprint density at radius 2 is 2.03 bits per heavy atom. The minimum absolute atomic E-state index is 0.0368. The zero-order valence-electron chi connectivity index (χ0n) is 21.8. The number of hydrogen-bond donors (Lipinski definition) is 1. The standard InChI is InChI=1S/C30H38N4O3/c1-37-30(36)27-15-23-22-8-2-3-9-24(22)31-25(23)17-34(27)28(35)18-33-12-6-7-19-13-20-14-21(29(19)33)16-32-11-5-4-10-26(20)32/h2-3,8-9,13,20-21,26-27,29,31H,4-7,10-12,14-18H2,1H3/t20?,21?,26-,27+,29-/m1/s1. The molecule has 37 heavy (non-hydrogen) atoms. The molecule has 0 radical (unpaired) electrons. The third kappa shape index (κ3) is 3.93. The van der Waals surface area contributed by atoms with Crippen molar-refractivity contribution in [2.24, 2.45) is 11.8 Å². The highest BCUT2D eigenvalue weighted by atomic mass is 16.5. The van der Waals surface area contributed by atoms with E-state index in [9.17, 15) is 9.59 Å². The summed E-state index contributed by atoms with van der Waals surface area (Å²) in [6.45, 7) is 4.14. The van der Waals surface area contributed by atoms with Crippen molar-refractivity contribution in [2.75, 3.05) is 33.3 Å². The van der Waals surface area contributed by atoms with E-state index < -0.39 is 6.04 Å². The first-order valence-electron chi connectivity index (χ1n) is 14.2. The van der Waals surface area contributed by atoms with Crippen LogP contribution in [0.2, 0.25) is 0 Å². The van der Waals surface area contributed by atoms with E-state index in [-0.39, 0.29) is 11.9 Å². The molecule has 2 bridgehead atoms. The highest BCUT2D eigenvalue weighted by molar-refractivity contribution is 5.90. The highest BCUT2D eigenvalue weighted by Crippen LogP contribution is 2.45. The Hall–Kier alpha value is -2.64. The van der Waals surface area contributed by atoms with Crippen molar-refractivity contribution in [2.45, 2.75) is 69.6 Å². The van der Waals surface area contributed by atoms with Gasteiger partial charge in [-0.05, 0) is 68.7 Å². The predicted molar refractivity (Wildman–Crippen MR) is 142 cm³/mol. The lowest BCUT2D eigenvalue weighted by atomic mass is 9.68. The molecule has 1 N–H and O–H groups in total. The van der Waals surface area contributed by atoms with Crippen molar-refractivity contribution < 1.29 is 14.3 Å². The number of likely N-dealkylation sites (tertiary alicyclic amines) is 1. The SMILES string of the molecule is COC(=O)[C@@H]1Cc2c([nH]c3ccccc23)CN1C(=O)CN1CCCC2=CC3CC(CN4CCCC[C@H]34)[C@@H]21. The zero-order chi connectivity index (χ0) is 25.1. The van der Waals surface area contributed by atoms with Crippen molar-refractivity contribution >= 4 is 22.8 Å². The van der Waals surface area contributed by atoms with Crippen LogP contribution >= 0.6 is 0 Å². The monoisotopic (exact) mass is 502 g/mol. The highest BCUT2D eigenvalue weighted by Gasteiger charge is 2.47. The number of amides is 1. The van der Waals surface area contributed by atoms with Gasteiger partial charge in [0.1, 0.15) is 6.04 Å². The number of carbonyl (C=O) groups excluding carboxylic acids is 2. The average Bonchev–Trinajstić information content (AvgIpc) is 3.29. The van der Waals surface area contributed by atoms with Crippen LogP contribution in [0.4, 0.5) is 0 Å². The molecule has 1 aromatic carbocycles. The number of aromatic nitrogens is 1. The second kappa shape index (κ2) is 9.28. The zero-order valence-corrected chi connectivity index (χ0v) is 21.8. The molecule has 3 saturated heterocycles. The Labute approximate surface area is 218 Å². The maximum Gasteiger partial charge on any atom is 0.328 e. The van der Waals surface area contributed by atoms with Gasteiger partial charge in [-0.15, -0.1) is 0 Å². The van der Waals surface area contributed by atoms with Crippen LogP contribution in [0.25, 0.3) is 10.9 Å². The lowest BCUT2D eigenvalue weighted by Gasteiger charge is -2.54. The summed E-state index contributed by atoms with van der Waals surface area (Å²) in [7, 11) is 1.42. The number of nitrogens with zero attached hydrogens (tertiary/aromatic N) is 3. The van der Waals surface area contributed by atoms with Crippen molar-refractivity contribution in [3.8, 4) is 0 Å². The average molecular weight is 503 g/mol. The van der Waals surface area contributed by atoms with Gasteiger partial charge < -0.3 is 14.6 Å². The molecule has 7 nitrogen and oxygen atoms in total. The number of aromatic amines is 1. The summed E-state index contributed by atoms with van der Waals surface area (Å²) in [5.41, 5.74) is 4.81. The van der Waals surface area contributed by atoms with E-state index in [0.29, 0.717) is 37.4 Å². The quantitative estimate of drug-likeness (QED) is 0.514. The second-order valence-electron chi connectivity index (χ2n) is 11.9. The molecule has 5 heterocycles. The molecule has 1 aliphatic carbocycles. The molecule has 1 amide bonds. The normalized spacial score (nSPS) is 31.8. The van der Waals surface area contributed by atoms with Gasteiger partial charge in [0.15, 0.2) is 0 Å². The number of piperidine rings is 3. The lowest BCUT2D eigenvalue weighted by Crippen LogP contribution is -2.60. The Bertz CT molecular complexity index is 1250. The molecule has 2 unspecified atom stereocenters. The fourth-order valence-corrected chi connectivity index (χ4v) is 8.34. The fraction of sp³-hybridized carbons (Fsp3) is 0.600. The largest absolute Gasteiger partial charge is 0.467 e. The number of fused-ring (bicyclic) bond motifs is 9. The van der Waals surface area contributed by atoms with E-state index in [2.05, 4.69) is 33.0 Å². The Morgan fingerprint density at radius 3 is 2.92 bits per heavy atom. The van der Waals surface area contributed by atoms with Gasteiger partial charge in [-0.1, -0.05) is 36.3 Å². The van der Waals surface area contributed by atoms with Crippen LogP contribution in [0.5, 0.6) is 0 Å². The number of esters is 1. The molecule has 5 atom stereocenters. The van der Waals surface area contributed by atoms with E-state index in [4.69, 9.17) is 4.74 Å². The molecular formula is C30H38N4O3. The third-order valence-corrected chi connectivity index (χ3v) is 9.90. The van der Waals surface area contributed by atoms with E-state index >= 15 is 0 Å². The van der Waals surface area contributed by atoms with Gasteiger partial charge in [-0.3, -0.25) is 14.6 Å². The van der Waals surface area contributed by atoms with E-state index in [1.165, 1.54) is 52.3 Å². The van der Waals surface area contributed by atoms with Crippen molar-refractivity contribution in [3.63, 3.8) is 0 Å². The topological polar surface area (TPSA) is 68.9 Å². The number of para-hydroxylation sites is 1. The number of methoxy groups -OCH3 is 1. The number of H-pyrrole nitrogens is 1. The maximum atomic E-state index is 13.9. The van der Waals surface area contributed by atoms with E-state index in [1.54, 1.807) is 10.5 Å². The minimum atomic E-state index is -0.580. The first-order valence-corrected chi connectivity index (χ1v) is 14.2. The molecule has 2 aromatic rings. The number of nitrogens with one attached hydrogen (secondary N) is 1. The summed E-state index contributed by atoms with van der Waals surface area (Å²) in [4.78, 5) is 37.3. The number of benzene rings is 1. The molecule has 1 aromatic heterocycles. The Balaban J connectivity index is 1.14. The minimum Gasteiger partial charge on any atom is -0.467 e.